The number of aryl methyl sites for hydroxylation is 2. The summed E-state index contributed by atoms with van der Waals surface area (Å²) in [5.74, 6) is 0.250. The molecule has 170 valence electrons. The van der Waals surface area contributed by atoms with Gasteiger partial charge in [-0.1, -0.05) is 30.3 Å². The molecule has 0 radical (unpaired) electrons. The van der Waals surface area contributed by atoms with Gasteiger partial charge in [-0.25, -0.2) is 0 Å². The maximum Gasteiger partial charge on any atom is 0.255 e. The lowest BCUT2D eigenvalue weighted by Gasteiger charge is -2.37. The third-order valence-electron chi connectivity index (χ3n) is 7.07. The van der Waals surface area contributed by atoms with Crippen molar-refractivity contribution in [2.45, 2.75) is 58.7 Å². The Labute approximate surface area is 191 Å². The van der Waals surface area contributed by atoms with Crippen molar-refractivity contribution in [1.82, 2.24) is 19.7 Å². The highest BCUT2D eigenvalue weighted by atomic mass is 16.2. The van der Waals surface area contributed by atoms with E-state index in [0.717, 1.165) is 62.3 Å². The van der Waals surface area contributed by atoms with Crippen LogP contribution in [0.15, 0.2) is 42.6 Å². The van der Waals surface area contributed by atoms with E-state index in [1.165, 1.54) is 5.56 Å². The van der Waals surface area contributed by atoms with Gasteiger partial charge in [0.1, 0.15) is 0 Å². The summed E-state index contributed by atoms with van der Waals surface area (Å²) < 4.78 is 0. The van der Waals surface area contributed by atoms with Gasteiger partial charge in [0, 0.05) is 57.9 Å². The first-order valence-electron chi connectivity index (χ1n) is 11.7. The van der Waals surface area contributed by atoms with E-state index >= 15 is 0 Å². The zero-order chi connectivity index (χ0) is 22.7. The van der Waals surface area contributed by atoms with Gasteiger partial charge in [-0.05, 0) is 50.3 Å². The summed E-state index contributed by atoms with van der Waals surface area (Å²) in [4.78, 5) is 36.3. The predicted octanol–water partition coefficient (Wildman–Crippen LogP) is 3.43. The molecule has 6 nitrogen and oxygen atoms in total. The number of piperidine rings is 1. The van der Waals surface area contributed by atoms with Crippen molar-refractivity contribution in [3.63, 3.8) is 0 Å². The summed E-state index contributed by atoms with van der Waals surface area (Å²) in [6, 6.07) is 12.9. The summed E-state index contributed by atoms with van der Waals surface area (Å²) in [5.41, 5.74) is 3.73. The van der Waals surface area contributed by atoms with E-state index in [0.29, 0.717) is 12.6 Å². The molecule has 0 bridgehead atoms. The molecule has 2 aliphatic heterocycles. The van der Waals surface area contributed by atoms with Gasteiger partial charge in [0.2, 0.25) is 5.91 Å². The molecule has 0 saturated carbocycles. The molecular weight excluding hydrogens is 400 g/mol. The van der Waals surface area contributed by atoms with E-state index in [1.807, 2.05) is 47.9 Å². The smallest absolute Gasteiger partial charge is 0.255 e. The van der Waals surface area contributed by atoms with E-state index < -0.39 is 0 Å². The minimum absolute atomic E-state index is 0.108. The van der Waals surface area contributed by atoms with Gasteiger partial charge >= 0.3 is 0 Å². The predicted molar refractivity (Wildman–Crippen MR) is 125 cm³/mol. The number of pyridine rings is 1. The van der Waals surface area contributed by atoms with Crippen LogP contribution in [0.25, 0.3) is 0 Å². The lowest BCUT2D eigenvalue weighted by atomic mass is 10.0. The van der Waals surface area contributed by atoms with Crippen LogP contribution < -0.4 is 0 Å². The number of benzene rings is 1. The number of aromatic nitrogens is 1. The average molecular weight is 435 g/mol. The third-order valence-corrected chi connectivity index (χ3v) is 7.07. The summed E-state index contributed by atoms with van der Waals surface area (Å²) >= 11 is 0. The Balaban J connectivity index is 1.33. The molecule has 0 N–H and O–H groups in total. The van der Waals surface area contributed by atoms with Crippen LogP contribution in [0.2, 0.25) is 0 Å². The first kappa shape index (κ1) is 22.5. The normalized spacial score (nSPS) is 19.8. The van der Waals surface area contributed by atoms with Crippen LogP contribution in [0.4, 0.5) is 0 Å². The van der Waals surface area contributed by atoms with Crippen LogP contribution in [0.3, 0.4) is 0 Å². The van der Waals surface area contributed by atoms with Crippen LogP contribution in [0, 0.1) is 13.8 Å². The van der Waals surface area contributed by atoms with Crippen molar-refractivity contribution in [2.75, 3.05) is 26.2 Å². The monoisotopic (exact) mass is 434 g/mol. The molecule has 6 heteroatoms. The highest BCUT2D eigenvalue weighted by molar-refractivity contribution is 5.96. The molecule has 2 aliphatic rings. The molecule has 2 saturated heterocycles. The molecule has 1 aromatic carbocycles. The number of likely N-dealkylation sites (tertiary alicyclic amines) is 2. The standard InChI is InChI=1S/C26H34N4O2/c1-19-9-13-27-20(2)25(19)26(32)28-14-10-23(11-15-28)29-16-12-24(18-29)30(21(3)31)17-22-7-5-4-6-8-22/h4-9,13,23-24H,10-12,14-18H2,1-3H3/t24-/m1/s1. The Morgan fingerprint density at radius 1 is 1.03 bits per heavy atom. The van der Waals surface area contributed by atoms with Crippen molar-refractivity contribution in [3.05, 3.63) is 65.0 Å². The number of nitrogens with zero attached hydrogens (tertiary/aromatic N) is 4. The fourth-order valence-corrected chi connectivity index (χ4v) is 5.24. The van der Waals surface area contributed by atoms with Crippen molar-refractivity contribution in [3.8, 4) is 0 Å². The average Bonchev–Trinajstić information content (AvgIpc) is 3.28. The Bertz CT molecular complexity index is 933. The quantitative estimate of drug-likeness (QED) is 0.724. The van der Waals surface area contributed by atoms with E-state index in [2.05, 4.69) is 22.0 Å². The van der Waals surface area contributed by atoms with Gasteiger partial charge in [-0.3, -0.25) is 19.5 Å². The molecule has 1 aromatic heterocycles. The SMILES string of the molecule is CC(=O)N(Cc1ccccc1)[C@@H]1CCN(C2CCN(C(=O)c3c(C)ccnc3C)CC2)C1. The largest absolute Gasteiger partial charge is 0.338 e. The fourth-order valence-electron chi connectivity index (χ4n) is 5.24. The van der Waals surface area contributed by atoms with Crippen molar-refractivity contribution < 1.29 is 9.59 Å². The van der Waals surface area contributed by atoms with Crippen LogP contribution in [-0.4, -0.2) is 69.8 Å². The highest BCUT2D eigenvalue weighted by Gasteiger charge is 2.35. The second-order valence-electron chi connectivity index (χ2n) is 9.18. The van der Waals surface area contributed by atoms with Gasteiger partial charge in [-0.15, -0.1) is 0 Å². The summed E-state index contributed by atoms with van der Waals surface area (Å²) in [7, 11) is 0. The molecule has 3 heterocycles. The fraction of sp³-hybridized carbons (Fsp3) is 0.500. The maximum atomic E-state index is 13.1. The van der Waals surface area contributed by atoms with Crippen LogP contribution in [0.5, 0.6) is 0 Å². The molecule has 0 aliphatic carbocycles. The molecule has 32 heavy (non-hydrogen) atoms. The van der Waals surface area contributed by atoms with E-state index in [1.54, 1.807) is 13.1 Å². The van der Waals surface area contributed by atoms with E-state index in [4.69, 9.17) is 0 Å². The van der Waals surface area contributed by atoms with E-state index in [-0.39, 0.29) is 17.9 Å². The lowest BCUT2D eigenvalue weighted by Crippen LogP contribution is -2.47. The first-order chi connectivity index (χ1) is 15.4. The molecule has 2 fully saturated rings. The second-order valence-corrected chi connectivity index (χ2v) is 9.18. The topological polar surface area (TPSA) is 56.8 Å². The van der Waals surface area contributed by atoms with Crippen molar-refractivity contribution in [2.24, 2.45) is 0 Å². The van der Waals surface area contributed by atoms with Gasteiger partial charge in [0.15, 0.2) is 0 Å². The van der Waals surface area contributed by atoms with Crippen LogP contribution in [-0.2, 0) is 11.3 Å². The molecule has 0 unspecified atom stereocenters. The zero-order valence-corrected chi connectivity index (χ0v) is 19.5. The molecule has 1 atom stereocenters. The third kappa shape index (κ3) is 4.85. The molecular formula is C26H34N4O2. The van der Waals surface area contributed by atoms with Gasteiger partial charge in [-0.2, -0.15) is 0 Å². The Morgan fingerprint density at radius 2 is 1.75 bits per heavy atom. The maximum absolute atomic E-state index is 13.1. The summed E-state index contributed by atoms with van der Waals surface area (Å²) in [5, 5.41) is 0. The summed E-state index contributed by atoms with van der Waals surface area (Å²) in [6.45, 7) is 9.73. The van der Waals surface area contributed by atoms with Gasteiger partial charge < -0.3 is 9.80 Å². The number of hydrogen-bond acceptors (Lipinski definition) is 4. The minimum atomic E-state index is 0.108. The number of amides is 2. The van der Waals surface area contributed by atoms with Crippen LogP contribution in [0.1, 0.15) is 53.4 Å². The molecule has 2 aromatic rings. The summed E-state index contributed by atoms with van der Waals surface area (Å²) in [6.07, 6.45) is 4.74. The Kier molecular flexibility index (Phi) is 6.89. The number of carbonyl (C=O) groups is 2. The minimum Gasteiger partial charge on any atom is -0.338 e. The van der Waals surface area contributed by atoms with Gasteiger partial charge in [0.05, 0.1) is 11.3 Å². The zero-order valence-electron chi connectivity index (χ0n) is 19.5. The number of hydrogen-bond donors (Lipinski definition) is 0. The highest BCUT2D eigenvalue weighted by Crippen LogP contribution is 2.26. The molecule has 0 spiro atoms. The first-order valence-corrected chi connectivity index (χ1v) is 11.7. The van der Waals surface area contributed by atoms with Crippen LogP contribution >= 0.6 is 0 Å². The Hall–Kier alpha value is -2.73. The van der Waals surface area contributed by atoms with Crippen molar-refractivity contribution in [1.29, 1.82) is 0 Å². The second kappa shape index (κ2) is 9.82. The lowest BCUT2D eigenvalue weighted by molar-refractivity contribution is -0.131. The molecule has 4 rings (SSSR count). The van der Waals surface area contributed by atoms with Crippen molar-refractivity contribution >= 4 is 11.8 Å². The number of rotatable bonds is 5. The molecule has 2 amide bonds. The Morgan fingerprint density at radius 3 is 2.41 bits per heavy atom. The number of carbonyl (C=O) groups excluding carboxylic acids is 2. The van der Waals surface area contributed by atoms with Gasteiger partial charge in [0.25, 0.3) is 5.91 Å². The van der Waals surface area contributed by atoms with E-state index in [9.17, 15) is 9.59 Å².